The van der Waals surface area contributed by atoms with Crippen LogP contribution in [0, 0.1) is 0 Å². The molecule has 1 nitrogen and oxygen atoms in total. The molecular weight excluding hydrogens is 316 g/mol. The van der Waals surface area contributed by atoms with Gasteiger partial charge >= 0.3 is 0 Å². The Balaban J connectivity index is 3.25. The number of Topliss-reactive ketones (excluding diaryl/α,β-unsaturated/α-hetero) is 1. The first-order valence-corrected chi connectivity index (χ1v) is 10.7. The second-order valence-corrected chi connectivity index (χ2v) is 9.29. The summed E-state index contributed by atoms with van der Waals surface area (Å²) in [6.07, 6.45) is 13.7. The number of hydrogen-bond donors (Lipinski definition) is 0. The lowest BCUT2D eigenvalue weighted by Gasteiger charge is -2.07. The van der Waals surface area contributed by atoms with E-state index in [9.17, 15) is 4.79 Å². The fraction of sp³-hybridized carbons (Fsp3) is 0.882. The molecule has 4 heteroatoms. The maximum absolute atomic E-state index is 11.1. The second kappa shape index (κ2) is 15.4. The summed E-state index contributed by atoms with van der Waals surface area (Å²) in [6.45, 7) is 5.83. The van der Waals surface area contributed by atoms with Crippen molar-refractivity contribution in [2.75, 3.05) is 5.75 Å². The molecule has 0 saturated heterocycles. The van der Waals surface area contributed by atoms with Crippen LogP contribution in [0.1, 0.15) is 85.0 Å². The van der Waals surface area contributed by atoms with E-state index < -0.39 is 0 Å². The van der Waals surface area contributed by atoms with E-state index >= 15 is 0 Å². The Morgan fingerprint density at radius 2 is 1.43 bits per heavy atom. The van der Waals surface area contributed by atoms with Gasteiger partial charge in [0.15, 0.2) is 0 Å². The predicted molar refractivity (Wildman–Crippen MR) is 105 cm³/mol. The maximum atomic E-state index is 11.1. The molecule has 1 atom stereocenters. The molecule has 0 aromatic carbocycles. The lowest BCUT2D eigenvalue weighted by molar-refractivity contribution is -0.116. The van der Waals surface area contributed by atoms with Crippen molar-refractivity contribution in [1.29, 1.82) is 0 Å². The van der Waals surface area contributed by atoms with Crippen molar-refractivity contribution < 1.29 is 4.79 Å². The molecule has 0 rings (SSSR count). The summed E-state index contributed by atoms with van der Waals surface area (Å²) in [4.78, 5) is 11.1. The number of carbonyl (C=O) groups is 1. The number of unbranched alkanes of at least 4 members (excludes halogenated alkanes) is 9. The molecule has 0 amide bonds. The van der Waals surface area contributed by atoms with Crippen LogP contribution >= 0.6 is 35.7 Å². The molecule has 0 aromatic heterocycles. The molecule has 0 N–H and O–H groups in total. The SMILES string of the molecule is CCCCCCCCCCCCSC(=S)SC(C)C(C)=O. The van der Waals surface area contributed by atoms with E-state index in [4.69, 9.17) is 12.2 Å². The highest BCUT2D eigenvalue weighted by Crippen LogP contribution is 2.23. The fourth-order valence-corrected chi connectivity index (χ4v) is 4.61. The van der Waals surface area contributed by atoms with E-state index in [1.54, 1.807) is 18.7 Å². The van der Waals surface area contributed by atoms with E-state index in [-0.39, 0.29) is 11.0 Å². The molecule has 0 aliphatic carbocycles. The van der Waals surface area contributed by atoms with Gasteiger partial charge in [-0.2, -0.15) is 0 Å². The number of thiocarbonyl (C=S) groups is 1. The highest BCUT2D eigenvalue weighted by atomic mass is 32.2. The predicted octanol–water partition coefficient (Wildman–Crippen LogP) is 6.64. The Bertz CT molecular complexity index is 279. The summed E-state index contributed by atoms with van der Waals surface area (Å²) in [6, 6.07) is 0. The standard InChI is InChI=1S/C17H32OS3/c1-4-5-6-7-8-9-10-11-12-13-14-20-17(19)21-16(3)15(2)18/h16H,4-14H2,1-3H3. The van der Waals surface area contributed by atoms with Gasteiger partial charge in [-0.1, -0.05) is 88.7 Å². The first-order valence-electron chi connectivity index (χ1n) is 8.41. The highest BCUT2D eigenvalue weighted by Gasteiger charge is 2.11. The molecule has 0 aliphatic rings. The van der Waals surface area contributed by atoms with E-state index in [0.29, 0.717) is 0 Å². The van der Waals surface area contributed by atoms with Gasteiger partial charge in [-0.05, 0) is 26.0 Å². The Hall–Kier alpha value is 0.460. The van der Waals surface area contributed by atoms with Gasteiger partial charge in [-0.15, -0.1) is 11.8 Å². The molecule has 0 spiro atoms. The van der Waals surface area contributed by atoms with Crippen LogP contribution in [0.4, 0.5) is 0 Å². The van der Waals surface area contributed by atoms with Gasteiger partial charge in [-0.25, -0.2) is 0 Å². The third-order valence-corrected chi connectivity index (χ3v) is 6.45. The molecule has 0 aromatic rings. The number of ketones is 1. The molecule has 0 aliphatic heterocycles. The van der Waals surface area contributed by atoms with Crippen LogP contribution in [-0.2, 0) is 4.79 Å². The van der Waals surface area contributed by atoms with Crippen LogP contribution in [0.5, 0.6) is 0 Å². The van der Waals surface area contributed by atoms with Crippen LogP contribution in [0.2, 0.25) is 0 Å². The molecule has 124 valence electrons. The van der Waals surface area contributed by atoms with E-state index in [2.05, 4.69) is 6.92 Å². The van der Waals surface area contributed by atoms with Gasteiger partial charge in [0.2, 0.25) is 0 Å². The molecule has 0 fully saturated rings. The zero-order valence-corrected chi connectivity index (χ0v) is 16.4. The van der Waals surface area contributed by atoms with Crippen molar-refractivity contribution in [2.45, 2.75) is 90.2 Å². The molecule has 0 radical (unpaired) electrons. The Labute approximate surface area is 145 Å². The van der Waals surface area contributed by atoms with Gasteiger partial charge in [0.05, 0.1) is 5.25 Å². The van der Waals surface area contributed by atoms with Crippen molar-refractivity contribution in [3.05, 3.63) is 0 Å². The largest absolute Gasteiger partial charge is 0.299 e. The topological polar surface area (TPSA) is 17.1 Å². The molecule has 1 unspecified atom stereocenters. The van der Waals surface area contributed by atoms with Gasteiger partial charge in [-0.3, -0.25) is 4.79 Å². The van der Waals surface area contributed by atoms with Crippen molar-refractivity contribution in [1.82, 2.24) is 0 Å². The molecule has 0 bridgehead atoms. The summed E-state index contributed by atoms with van der Waals surface area (Å²) in [5.74, 6) is 1.31. The average molecular weight is 349 g/mol. The first-order chi connectivity index (χ1) is 10.1. The van der Waals surface area contributed by atoms with Crippen LogP contribution in [-0.4, -0.2) is 20.3 Å². The normalized spacial score (nSPS) is 12.3. The van der Waals surface area contributed by atoms with Crippen molar-refractivity contribution in [3.63, 3.8) is 0 Å². The Kier molecular flexibility index (Phi) is 15.7. The Morgan fingerprint density at radius 1 is 0.952 bits per heavy atom. The summed E-state index contributed by atoms with van der Waals surface area (Å²) >= 11 is 8.57. The third-order valence-electron chi connectivity index (χ3n) is 3.56. The van der Waals surface area contributed by atoms with Crippen molar-refractivity contribution in [3.8, 4) is 0 Å². The minimum absolute atomic E-state index is 0.0118. The molecule has 0 heterocycles. The fourth-order valence-electron chi connectivity index (χ4n) is 2.01. The minimum atomic E-state index is 0.0118. The third kappa shape index (κ3) is 15.1. The van der Waals surface area contributed by atoms with E-state index in [1.165, 1.54) is 76.0 Å². The molecule has 21 heavy (non-hydrogen) atoms. The smallest absolute Gasteiger partial charge is 0.142 e. The lowest BCUT2D eigenvalue weighted by Crippen LogP contribution is -2.09. The zero-order chi connectivity index (χ0) is 15.9. The lowest BCUT2D eigenvalue weighted by atomic mass is 10.1. The van der Waals surface area contributed by atoms with Crippen molar-refractivity contribution >= 4 is 45.1 Å². The van der Waals surface area contributed by atoms with E-state index in [1.807, 2.05) is 6.92 Å². The van der Waals surface area contributed by atoms with Gasteiger partial charge < -0.3 is 0 Å². The van der Waals surface area contributed by atoms with Gasteiger partial charge in [0.1, 0.15) is 9.31 Å². The van der Waals surface area contributed by atoms with Crippen LogP contribution < -0.4 is 0 Å². The summed E-state index contributed by atoms with van der Waals surface area (Å²) in [5, 5.41) is 0.0118. The summed E-state index contributed by atoms with van der Waals surface area (Å²) in [7, 11) is 0. The average Bonchev–Trinajstić information content (AvgIpc) is 2.44. The van der Waals surface area contributed by atoms with Crippen molar-refractivity contribution in [2.24, 2.45) is 0 Å². The minimum Gasteiger partial charge on any atom is -0.299 e. The number of rotatable bonds is 13. The number of carbonyl (C=O) groups excluding carboxylic acids is 1. The summed E-state index contributed by atoms with van der Waals surface area (Å²) in [5.41, 5.74) is 0. The molecular formula is C17H32OS3. The van der Waals surface area contributed by atoms with Crippen LogP contribution in [0.3, 0.4) is 0 Å². The Morgan fingerprint density at radius 3 is 1.90 bits per heavy atom. The number of hydrogen-bond acceptors (Lipinski definition) is 4. The van der Waals surface area contributed by atoms with E-state index in [0.717, 1.165) is 9.28 Å². The summed E-state index contributed by atoms with van der Waals surface area (Å²) < 4.78 is 0.925. The highest BCUT2D eigenvalue weighted by molar-refractivity contribution is 8.47. The van der Waals surface area contributed by atoms with Crippen LogP contribution in [0.15, 0.2) is 0 Å². The second-order valence-electron chi connectivity index (χ2n) is 5.65. The monoisotopic (exact) mass is 348 g/mol. The van der Waals surface area contributed by atoms with Crippen LogP contribution in [0.25, 0.3) is 0 Å². The molecule has 0 saturated carbocycles. The quantitative estimate of drug-likeness (QED) is 0.274. The van der Waals surface area contributed by atoms with Gasteiger partial charge in [0.25, 0.3) is 0 Å². The number of thioether (sulfide) groups is 2. The first kappa shape index (κ1) is 21.5. The van der Waals surface area contributed by atoms with Gasteiger partial charge in [0, 0.05) is 0 Å². The zero-order valence-electron chi connectivity index (χ0n) is 14.0. The maximum Gasteiger partial charge on any atom is 0.142 e.